The lowest BCUT2D eigenvalue weighted by atomic mass is 10.2. The molecule has 0 amide bonds. The Morgan fingerprint density at radius 3 is 2.85 bits per heavy atom. The predicted octanol–water partition coefficient (Wildman–Crippen LogP) is 2.97. The van der Waals surface area contributed by atoms with Crippen LogP contribution in [0.15, 0.2) is 22.6 Å². The molecule has 1 heterocycles. The number of nitro groups is 1. The van der Waals surface area contributed by atoms with Crippen LogP contribution < -0.4 is 5.32 Å². The van der Waals surface area contributed by atoms with E-state index in [1.165, 1.54) is 12.1 Å². The van der Waals surface area contributed by atoms with E-state index in [1.807, 2.05) is 6.92 Å². The summed E-state index contributed by atoms with van der Waals surface area (Å²) >= 11 is 6.02. The molecular weight excluding hydrogens is 284 g/mol. The fraction of sp³-hybridized carbons (Fsp3) is 0.333. The zero-order valence-corrected chi connectivity index (χ0v) is 11.7. The topological polar surface area (TPSA) is 94.1 Å². The first-order chi connectivity index (χ1) is 9.58. The molecule has 0 saturated carbocycles. The Morgan fingerprint density at radius 1 is 1.50 bits per heavy atom. The van der Waals surface area contributed by atoms with Crippen LogP contribution in [-0.4, -0.2) is 22.2 Å². The van der Waals surface area contributed by atoms with Crippen molar-refractivity contribution in [2.75, 3.05) is 7.05 Å². The molecule has 20 heavy (non-hydrogen) atoms. The molecule has 2 rings (SSSR count). The number of aromatic nitrogens is 2. The van der Waals surface area contributed by atoms with Gasteiger partial charge in [0, 0.05) is 6.07 Å². The van der Waals surface area contributed by atoms with Crippen LogP contribution in [0.1, 0.15) is 25.3 Å². The third-order valence-corrected chi connectivity index (χ3v) is 3.21. The Balaban J connectivity index is 2.50. The second-order valence-corrected chi connectivity index (χ2v) is 4.49. The maximum Gasteiger partial charge on any atom is 0.283 e. The average Bonchev–Trinajstić information content (AvgIpc) is 2.89. The van der Waals surface area contributed by atoms with Gasteiger partial charge in [-0.25, -0.2) is 0 Å². The van der Waals surface area contributed by atoms with Gasteiger partial charge in [-0.15, -0.1) is 10.2 Å². The van der Waals surface area contributed by atoms with Crippen molar-refractivity contribution in [3.63, 3.8) is 0 Å². The van der Waals surface area contributed by atoms with Gasteiger partial charge in [0.05, 0.1) is 16.0 Å². The fourth-order valence-electron chi connectivity index (χ4n) is 1.86. The highest BCUT2D eigenvalue weighted by Gasteiger charge is 2.24. The van der Waals surface area contributed by atoms with Crippen LogP contribution in [-0.2, 0) is 0 Å². The van der Waals surface area contributed by atoms with E-state index in [0.717, 1.165) is 6.42 Å². The molecular formula is C12H13ClN4O3. The highest BCUT2D eigenvalue weighted by Crippen LogP contribution is 2.35. The van der Waals surface area contributed by atoms with Gasteiger partial charge in [-0.1, -0.05) is 24.6 Å². The average molecular weight is 297 g/mol. The van der Waals surface area contributed by atoms with Gasteiger partial charge in [-0.2, -0.15) is 0 Å². The molecule has 0 aliphatic heterocycles. The van der Waals surface area contributed by atoms with Gasteiger partial charge in [0.25, 0.3) is 11.6 Å². The summed E-state index contributed by atoms with van der Waals surface area (Å²) in [6.45, 7) is 1.96. The van der Waals surface area contributed by atoms with Crippen molar-refractivity contribution >= 4 is 17.3 Å². The second-order valence-electron chi connectivity index (χ2n) is 4.09. The molecule has 2 aromatic rings. The van der Waals surface area contributed by atoms with E-state index in [1.54, 1.807) is 13.1 Å². The van der Waals surface area contributed by atoms with E-state index in [-0.39, 0.29) is 28.2 Å². The summed E-state index contributed by atoms with van der Waals surface area (Å²) in [5.41, 5.74) is -0.0194. The van der Waals surface area contributed by atoms with Crippen molar-refractivity contribution in [3.8, 4) is 11.5 Å². The van der Waals surface area contributed by atoms with Gasteiger partial charge >= 0.3 is 0 Å². The van der Waals surface area contributed by atoms with Crippen LogP contribution in [0.4, 0.5) is 5.69 Å². The van der Waals surface area contributed by atoms with Crippen molar-refractivity contribution in [2.24, 2.45) is 0 Å². The van der Waals surface area contributed by atoms with Crippen LogP contribution in [0.5, 0.6) is 0 Å². The van der Waals surface area contributed by atoms with Gasteiger partial charge < -0.3 is 9.73 Å². The van der Waals surface area contributed by atoms with Crippen molar-refractivity contribution in [1.29, 1.82) is 0 Å². The molecule has 106 valence electrons. The van der Waals surface area contributed by atoms with Crippen LogP contribution in [0.25, 0.3) is 11.5 Å². The minimum atomic E-state index is -0.527. The Labute approximate surface area is 120 Å². The maximum atomic E-state index is 11.0. The molecule has 1 unspecified atom stereocenters. The van der Waals surface area contributed by atoms with Crippen LogP contribution >= 0.6 is 11.6 Å². The zero-order chi connectivity index (χ0) is 14.7. The molecule has 0 aliphatic carbocycles. The highest BCUT2D eigenvalue weighted by atomic mass is 35.5. The van der Waals surface area contributed by atoms with Gasteiger partial charge in [-0.05, 0) is 19.5 Å². The number of nitro benzene ring substituents is 1. The molecule has 1 N–H and O–H groups in total. The molecule has 1 atom stereocenters. The summed E-state index contributed by atoms with van der Waals surface area (Å²) in [6, 6.07) is 4.30. The molecule has 1 aromatic heterocycles. The molecule has 0 radical (unpaired) electrons. The lowest BCUT2D eigenvalue weighted by Gasteiger charge is -2.07. The van der Waals surface area contributed by atoms with E-state index in [2.05, 4.69) is 15.5 Å². The number of nitrogens with one attached hydrogen (secondary N) is 1. The number of hydrogen-bond acceptors (Lipinski definition) is 6. The standard InChI is InChI=1S/C12H13ClN4O3/c1-3-8(14-2)11-15-16-12(20-11)10-7(13)5-4-6-9(10)17(18)19/h4-6,8,14H,3H2,1-2H3. The molecule has 0 spiro atoms. The number of rotatable bonds is 5. The molecule has 0 fully saturated rings. The van der Waals surface area contributed by atoms with E-state index < -0.39 is 4.92 Å². The molecule has 0 aliphatic rings. The van der Waals surface area contributed by atoms with E-state index >= 15 is 0 Å². The molecule has 0 bridgehead atoms. The fourth-order valence-corrected chi connectivity index (χ4v) is 2.11. The summed E-state index contributed by atoms with van der Waals surface area (Å²) in [4.78, 5) is 10.5. The largest absolute Gasteiger partial charge is 0.419 e. The van der Waals surface area contributed by atoms with Crippen molar-refractivity contribution < 1.29 is 9.34 Å². The predicted molar refractivity (Wildman–Crippen MR) is 73.5 cm³/mol. The SMILES string of the molecule is CCC(NC)c1nnc(-c2c(Cl)cccc2[N+](=O)[O-])o1. The Kier molecular flexibility index (Phi) is 4.31. The monoisotopic (exact) mass is 296 g/mol. The summed E-state index contributed by atoms with van der Waals surface area (Å²) in [7, 11) is 1.77. The molecule has 7 nitrogen and oxygen atoms in total. The highest BCUT2D eigenvalue weighted by molar-refractivity contribution is 6.33. The zero-order valence-electron chi connectivity index (χ0n) is 11.0. The normalized spacial score (nSPS) is 12.3. The quantitative estimate of drug-likeness (QED) is 0.673. The minimum Gasteiger partial charge on any atom is -0.419 e. The summed E-state index contributed by atoms with van der Waals surface area (Å²) in [5, 5.41) is 22.0. The number of benzene rings is 1. The summed E-state index contributed by atoms with van der Waals surface area (Å²) < 4.78 is 5.51. The Hall–Kier alpha value is -1.99. The number of hydrogen-bond donors (Lipinski definition) is 1. The van der Waals surface area contributed by atoms with Crippen LogP contribution in [0, 0.1) is 10.1 Å². The molecule has 1 aromatic carbocycles. The van der Waals surface area contributed by atoms with Gasteiger partial charge in [-0.3, -0.25) is 10.1 Å². The van der Waals surface area contributed by atoms with Crippen molar-refractivity contribution in [1.82, 2.24) is 15.5 Å². The first-order valence-corrected chi connectivity index (χ1v) is 6.40. The summed E-state index contributed by atoms with van der Waals surface area (Å²) in [6.07, 6.45) is 0.753. The number of halogens is 1. The number of nitrogens with zero attached hydrogens (tertiary/aromatic N) is 3. The molecule has 8 heteroatoms. The lowest BCUT2D eigenvalue weighted by molar-refractivity contribution is -0.384. The smallest absolute Gasteiger partial charge is 0.283 e. The first-order valence-electron chi connectivity index (χ1n) is 6.02. The Bertz CT molecular complexity index is 625. The van der Waals surface area contributed by atoms with Gasteiger partial charge in [0.2, 0.25) is 5.89 Å². The third-order valence-electron chi connectivity index (χ3n) is 2.90. The molecule has 0 saturated heterocycles. The van der Waals surface area contributed by atoms with Crippen molar-refractivity contribution in [2.45, 2.75) is 19.4 Å². The maximum absolute atomic E-state index is 11.0. The van der Waals surface area contributed by atoms with Gasteiger partial charge in [0.1, 0.15) is 5.56 Å². The van der Waals surface area contributed by atoms with Gasteiger partial charge in [0.15, 0.2) is 0 Å². The van der Waals surface area contributed by atoms with Crippen LogP contribution in [0.2, 0.25) is 5.02 Å². The lowest BCUT2D eigenvalue weighted by Crippen LogP contribution is -2.15. The first kappa shape index (κ1) is 14.4. The Morgan fingerprint density at radius 2 is 2.25 bits per heavy atom. The second kappa shape index (κ2) is 5.98. The third kappa shape index (κ3) is 2.63. The van der Waals surface area contributed by atoms with Crippen molar-refractivity contribution in [3.05, 3.63) is 39.2 Å². The van der Waals surface area contributed by atoms with E-state index in [9.17, 15) is 10.1 Å². The van der Waals surface area contributed by atoms with Crippen LogP contribution in [0.3, 0.4) is 0 Å². The summed E-state index contributed by atoms with van der Waals surface area (Å²) in [5.74, 6) is 0.421. The minimum absolute atomic E-state index is 0.0472. The van der Waals surface area contributed by atoms with E-state index in [4.69, 9.17) is 16.0 Å². The van der Waals surface area contributed by atoms with E-state index in [0.29, 0.717) is 5.89 Å².